The van der Waals surface area contributed by atoms with Crippen LogP contribution in [0.3, 0.4) is 0 Å². The van der Waals surface area contributed by atoms with Gasteiger partial charge in [-0.2, -0.15) is 4.98 Å². The Morgan fingerprint density at radius 2 is 1.89 bits per heavy atom. The second-order valence-corrected chi connectivity index (χ2v) is 8.49. The summed E-state index contributed by atoms with van der Waals surface area (Å²) in [5.41, 5.74) is 9.51. The molecule has 1 fully saturated rings. The van der Waals surface area contributed by atoms with Crippen molar-refractivity contribution in [1.82, 2.24) is 24.8 Å². The highest BCUT2D eigenvalue weighted by atomic mass is 16.1. The van der Waals surface area contributed by atoms with E-state index in [1.165, 1.54) is 0 Å². The molecule has 4 N–H and O–H groups in total. The van der Waals surface area contributed by atoms with Gasteiger partial charge in [0.1, 0.15) is 17.2 Å². The molecule has 4 aromatic rings. The van der Waals surface area contributed by atoms with Crippen LogP contribution in [0.25, 0.3) is 22.2 Å². The van der Waals surface area contributed by atoms with Crippen molar-refractivity contribution in [3.63, 3.8) is 0 Å². The maximum Gasteiger partial charge on any atom is 0.300 e. The summed E-state index contributed by atoms with van der Waals surface area (Å²) in [7, 11) is 2.13. The number of fused-ring (bicyclic) bond motifs is 1. The SMILES string of the molecule is C#CC(=O)Nc1cccc(-c2nccc3c(N)nc(Nc4ccc(N5CCN(C)CC5)nc4)nc23)c1. The largest absolute Gasteiger partial charge is 0.383 e. The van der Waals surface area contributed by atoms with Crippen molar-refractivity contribution < 1.29 is 4.79 Å². The van der Waals surface area contributed by atoms with E-state index >= 15 is 0 Å². The molecule has 10 nitrogen and oxygen atoms in total. The Bertz CT molecular complexity index is 1460. The van der Waals surface area contributed by atoms with Crippen LogP contribution in [0.15, 0.2) is 54.9 Å². The lowest BCUT2D eigenvalue weighted by molar-refractivity contribution is -0.111. The molecule has 1 aliphatic heterocycles. The quantitative estimate of drug-likeness (QED) is 0.371. The van der Waals surface area contributed by atoms with Crippen LogP contribution in [-0.4, -0.2) is 64.0 Å². The normalized spacial score (nSPS) is 13.8. The number of carbonyl (C=O) groups excluding carboxylic acids is 1. The second kappa shape index (κ2) is 9.85. The third-order valence-corrected chi connectivity index (χ3v) is 6.00. The first-order valence-corrected chi connectivity index (χ1v) is 11.5. The maximum absolute atomic E-state index is 11.6. The van der Waals surface area contributed by atoms with Crippen LogP contribution in [0.5, 0.6) is 0 Å². The van der Waals surface area contributed by atoms with Crippen LogP contribution in [0.4, 0.5) is 29.0 Å². The summed E-state index contributed by atoms with van der Waals surface area (Å²) in [5, 5.41) is 6.52. The smallest absolute Gasteiger partial charge is 0.300 e. The lowest BCUT2D eigenvalue weighted by Crippen LogP contribution is -2.44. The minimum absolute atomic E-state index is 0.324. The number of rotatable bonds is 5. The number of nitrogens with two attached hydrogens (primary N) is 1. The van der Waals surface area contributed by atoms with E-state index in [1.54, 1.807) is 36.7 Å². The van der Waals surface area contributed by atoms with Crippen molar-refractivity contribution in [3.8, 4) is 23.6 Å². The van der Waals surface area contributed by atoms with Crippen molar-refractivity contribution in [3.05, 3.63) is 54.9 Å². The molecule has 10 heteroatoms. The summed E-state index contributed by atoms with van der Waals surface area (Å²) in [5.74, 6) is 3.12. The molecule has 1 aliphatic rings. The van der Waals surface area contributed by atoms with Gasteiger partial charge in [0, 0.05) is 49.0 Å². The molecule has 0 spiro atoms. The van der Waals surface area contributed by atoms with Crippen LogP contribution in [-0.2, 0) is 4.79 Å². The Balaban J connectivity index is 1.43. The predicted octanol–water partition coefficient (Wildman–Crippen LogP) is 2.74. The Kier molecular flexibility index (Phi) is 6.30. The van der Waals surface area contributed by atoms with Crippen LogP contribution >= 0.6 is 0 Å². The molecular weight excluding hydrogens is 454 g/mol. The number of pyridine rings is 2. The average Bonchev–Trinajstić information content (AvgIpc) is 2.89. The molecule has 4 heterocycles. The van der Waals surface area contributed by atoms with Crippen LogP contribution < -0.4 is 21.3 Å². The summed E-state index contributed by atoms with van der Waals surface area (Å²) >= 11 is 0. The first kappa shape index (κ1) is 23.0. The van der Waals surface area contributed by atoms with Crippen molar-refractivity contribution in [2.24, 2.45) is 0 Å². The van der Waals surface area contributed by atoms with Crippen molar-refractivity contribution >= 4 is 45.8 Å². The number of nitrogen functional groups attached to an aromatic ring is 1. The molecule has 0 bridgehead atoms. The van der Waals surface area contributed by atoms with E-state index in [2.05, 4.69) is 42.4 Å². The van der Waals surface area contributed by atoms with E-state index in [4.69, 9.17) is 17.1 Å². The molecule has 180 valence electrons. The molecule has 0 unspecified atom stereocenters. The molecular formula is C26H25N9O. The minimum Gasteiger partial charge on any atom is -0.383 e. The van der Waals surface area contributed by atoms with Gasteiger partial charge in [-0.15, -0.1) is 6.42 Å². The Morgan fingerprint density at radius 1 is 1.06 bits per heavy atom. The third-order valence-electron chi connectivity index (χ3n) is 6.00. The van der Waals surface area contributed by atoms with Gasteiger partial charge in [-0.25, -0.2) is 9.97 Å². The third kappa shape index (κ3) is 4.87. The fraction of sp³-hybridized carbons (Fsp3) is 0.192. The number of carbonyl (C=O) groups is 1. The number of terminal acetylenes is 1. The molecule has 3 aromatic heterocycles. The highest BCUT2D eigenvalue weighted by molar-refractivity contribution is 6.04. The standard InChI is InChI=1S/C26H25N9O/c1-3-22(36)30-18-6-4-5-17(15-18)23-24-20(9-10-28-23)25(27)33-26(32-24)31-19-7-8-21(29-16-19)35-13-11-34(2)12-14-35/h1,4-10,15-16H,11-14H2,2H3,(H,30,36)(H3,27,31,32,33). The van der Waals surface area contributed by atoms with E-state index in [0.29, 0.717) is 34.1 Å². The fourth-order valence-electron chi connectivity index (χ4n) is 4.07. The maximum atomic E-state index is 11.6. The number of hydrogen-bond donors (Lipinski definition) is 3. The molecule has 0 atom stereocenters. The first-order valence-electron chi connectivity index (χ1n) is 11.5. The molecule has 1 aromatic carbocycles. The van der Waals surface area contributed by atoms with Crippen LogP contribution in [0.2, 0.25) is 0 Å². The number of hydrogen-bond acceptors (Lipinski definition) is 9. The van der Waals surface area contributed by atoms with Crippen molar-refractivity contribution in [2.75, 3.05) is 54.5 Å². The Morgan fingerprint density at radius 3 is 2.64 bits per heavy atom. The summed E-state index contributed by atoms with van der Waals surface area (Å²) in [4.78, 5) is 34.5. The van der Waals surface area contributed by atoms with E-state index in [9.17, 15) is 4.79 Å². The number of aromatic nitrogens is 4. The van der Waals surface area contributed by atoms with Gasteiger partial charge in [-0.05, 0) is 43.3 Å². The average molecular weight is 480 g/mol. The molecule has 36 heavy (non-hydrogen) atoms. The summed E-state index contributed by atoms with van der Waals surface area (Å²) in [6, 6.07) is 12.9. The zero-order chi connectivity index (χ0) is 25.1. The number of nitrogens with one attached hydrogen (secondary N) is 2. The molecule has 0 aliphatic carbocycles. The topological polar surface area (TPSA) is 125 Å². The predicted molar refractivity (Wildman–Crippen MR) is 142 cm³/mol. The highest BCUT2D eigenvalue weighted by Crippen LogP contribution is 2.30. The lowest BCUT2D eigenvalue weighted by Gasteiger charge is -2.33. The summed E-state index contributed by atoms with van der Waals surface area (Å²) in [6.07, 6.45) is 8.58. The number of amides is 1. The van der Waals surface area contributed by atoms with E-state index in [0.717, 1.165) is 43.2 Å². The number of anilines is 5. The van der Waals surface area contributed by atoms with Gasteiger partial charge in [0.25, 0.3) is 5.91 Å². The van der Waals surface area contributed by atoms with Gasteiger partial charge in [0.15, 0.2) is 0 Å². The van der Waals surface area contributed by atoms with Gasteiger partial charge in [-0.1, -0.05) is 12.1 Å². The lowest BCUT2D eigenvalue weighted by atomic mass is 10.1. The van der Waals surface area contributed by atoms with Gasteiger partial charge in [0.05, 0.1) is 17.6 Å². The molecule has 1 saturated heterocycles. The van der Waals surface area contributed by atoms with Crippen LogP contribution in [0.1, 0.15) is 0 Å². The van der Waals surface area contributed by atoms with E-state index in [1.807, 2.05) is 24.1 Å². The van der Waals surface area contributed by atoms with Gasteiger partial charge in [-0.3, -0.25) is 9.78 Å². The summed E-state index contributed by atoms with van der Waals surface area (Å²) < 4.78 is 0. The Hall–Kier alpha value is -4.75. The summed E-state index contributed by atoms with van der Waals surface area (Å²) in [6.45, 7) is 3.93. The zero-order valence-corrected chi connectivity index (χ0v) is 19.8. The van der Waals surface area contributed by atoms with Gasteiger partial charge >= 0.3 is 0 Å². The monoisotopic (exact) mass is 479 g/mol. The number of piperazine rings is 1. The Labute approximate surface area is 208 Å². The van der Waals surface area contributed by atoms with Crippen molar-refractivity contribution in [2.45, 2.75) is 0 Å². The molecule has 0 radical (unpaired) electrons. The number of benzene rings is 1. The number of likely N-dealkylation sites (N-methyl/N-ethyl adjacent to an activating group) is 1. The number of nitrogens with zero attached hydrogens (tertiary/aromatic N) is 6. The second-order valence-electron chi connectivity index (χ2n) is 8.49. The highest BCUT2D eigenvalue weighted by Gasteiger charge is 2.16. The van der Waals surface area contributed by atoms with Gasteiger partial charge < -0.3 is 26.2 Å². The minimum atomic E-state index is -0.525. The first-order chi connectivity index (χ1) is 17.5. The zero-order valence-electron chi connectivity index (χ0n) is 19.8. The fourth-order valence-corrected chi connectivity index (χ4v) is 4.07. The molecule has 1 amide bonds. The van der Waals surface area contributed by atoms with Crippen LogP contribution in [0, 0.1) is 12.3 Å². The molecule has 0 saturated carbocycles. The van der Waals surface area contributed by atoms with Crippen molar-refractivity contribution in [1.29, 1.82) is 0 Å². The van der Waals surface area contributed by atoms with Gasteiger partial charge in [0.2, 0.25) is 5.95 Å². The molecule has 5 rings (SSSR count). The van der Waals surface area contributed by atoms with E-state index in [-0.39, 0.29) is 0 Å². The van der Waals surface area contributed by atoms with E-state index < -0.39 is 5.91 Å².